The van der Waals surface area contributed by atoms with E-state index in [0.717, 1.165) is 5.56 Å². The van der Waals surface area contributed by atoms with Gasteiger partial charge in [-0.15, -0.1) is 0 Å². The van der Waals surface area contributed by atoms with E-state index in [1.165, 1.54) is 11.2 Å². The Hall–Kier alpha value is -3.87. The summed E-state index contributed by atoms with van der Waals surface area (Å²) in [7, 11) is 0. The number of rotatable bonds is 6. The van der Waals surface area contributed by atoms with Gasteiger partial charge in [0, 0.05) is 24.5 Å². The number of nitrogens with zero attached hydrogens (tertiary/aromatic N) is 2. The van der Waals surface area contributed by atoms with Gasteiger partial charge in [-0.3, -0.25) is 14.6 Å². The van der Waals surface area contributed by atoms with Crippen molar-refractivity contribution in [2.24, 2.45) is 0 Å². The summed E-state index contributed by atoms with van der Waals surface area (Å²) in [6.45, 7) is 3.99. The van der Waals surface area contributed by atoms with Crippen LogP contribution in [0.5, 0.6) is 5.75 Å². The summed E-state index contributed by atoms with van der Waals surface area (Å²) in [6.07, 6.45) is 4.74. The summed E-state index contributed by atoms with van der Waals surface area (Å²) in [5.74, 6) is -0.683. The summed E-state index contributed by atoms with van der Waals surface area (Å²) in [6, 6.07) is 12.8. The van der Waals surface area contributed by atoms with E-state index in [1.54, 1.807) is 54.9 Å². The fraction of sp³-hybridized carbons (Fsp3) is 0.208. The zero-order valence-corrected chi connectivity index (χ0v) is 17.2. The third kappa shape index (κ3) is 4.07. The average Bonchev–Trinajstić information content (AvgIpc) is 3.37. The van der Waals surface area contributed by atoms with Crippen molar-refractivity contribution in [2.45, 2.75) is 32.5 Å². The van der Waals surface area contributed by atoms with Crippen molar-refractivity contribution in [3.8, 4) is 5.75 Å². The molecule has 7 heteroatoms. The largest absolute Gasteiger partial charge is 0.507 e. The van der Waals surface area contributed by atoms with Gasteiger partial charge in [0.2, 0.25) is 0 Å². The fourth-order valence-electron chi connectivity index (χ4n) is 3.59. The Morgan fingerprint density at radius 2 is 1.94 bits per heavy atom. The quantitative estimate of drug-likeness (QED) is 0.368. The average molecular weight is 418 g/mol. The van der Waals surface area contributed by atoms with Gasteiger partial charge >= 0.3 is 0 Å². The molecule has 0 aliphatic carbocycles. The number of Topliss-reactive ketones (excluding diaryl/α,β-unsaturated/α-hetero) is 1. The number of furan rings is 1. The van der Waals surface area contributed by atoms with Gasteiger partial charge in [0.1, 0.15) is 23.3 Å². The Morgan fingerprint density at radius 1 is 1.16 bits per heavy atom. The van der Waals surface area contributed by atoms with Crippen molar-refractivity contribution in [2.75, 3.05) is 0 Å². The Bertz CT molecular complexity index is 1100. The van der Waals surface area contributed by atoms with Gasteiger partial charge in [-0.25, -0.2) is 0 Å². The molecule has 3 aromatic rings. The number of carbonyl (C=O) groups is 2. The third-order valence-corrected chi connectivity index (χ3v) is 4.93. The molecule has 31 heavy (non-hydrogen) atoms. The summed E-state index contributed by atoms with van der Waals surface area (Å²) >= 11 is 0. The first-order valence-corrected chi connectivity index (χ1v) is 9.93. The summed E-state index contributed by atoms with van der Waals surface area (Å²) in [4.78, 5) is 31.3. The lowest BCUT2D eigenvalue weighted by molar-refractivity contribution is -0.140. The predicted octanol–water partition coefficient (Wildman–Crippen LogP) is 4.08. The molecule has 1 aromatic carbocycles. The van der Waals surface area contributed by atoms with E-state index in [2.05, 4.69) is 4.98 Å². The van der Waals surface area contributed by atoms with E-state index in [-0.39, 0.29) is 24.0 Å². The summed E-state index contributed by atoms with van der Waals surface area (Å²) < 4.78 is 11.2. The molecule has 1 atom stereocenters. The first-order chi connectivity index (χ1) is 15.0. The molecular weight excluding hydrogens is 396 g/mol. The van der Waals surface area contributed by atoms with Crippen LogP contribution in [-0.2, 0) is 16.1 Å². The third-order valence-electron chi connectivity index (χ3n) is 4.93. The van der Waals surface area contributed by atoms with Crippen LogP contribution in [0.15, 0.2) is 77.2 Å². The van der Waals surface area contributed by atoms with E-state index in [9.17, 15) is 14.7 Å². The molecule has 7 nitrogen and oxygen atoms in total. The SMILES string of the molecule is CC(C)Oc1ccc(C(O)=C2C(=O)C(=O)N(Cc3cccnc3)[C@@H]2c2ccco2)cc1. The van der Waals surface area contributed by atoms with Crippen LogP contribution in [0.4, 0.5) is 0 Å². The predicted molar refractivity (Wildman–Crippen MR) is 113 cm³/mol. The van der Waals surface area contributed by atoms with Gasteiger partial charge in [-0.2, -0.15) is 0 Å². The molecule has 0 unspecified atom stereocenters. The second-order valence-corrected chi connectivity index (χ2v) is 7.49. The molecule has 1 aliphatic rings. The second kappa shape index (κ2) is 8.47. The van der Waals surface area contributed by atoms with Crippen LogP contribution in [-0.4, -0.2) is 32.8 Å². The number of aromatic nitrogens is 1. The number of benzene rings is 1. The number of ketones is 1. The lowest BCUT2D eigenvalue weighted by atomic mass is 9.99. The Balaban J connectivity index is 1.76. The number of amides is 1. The molecule has 0 saturated carbocycles. The second-order valence-electron chi connectivity index (χ2n) is 7.49. The molecule has 1 fully saturated rings. The minimum absolute atomic E-state index is 0.0104. The van der Waals surface area contributed by atoms with Crippen molar-refractivity contribution in [3.05, 3.63) is 89.6 Å². The zero-order chi connectivity index (χ0) is 22.0. The van der Waals surface area contributed by atoms with E-state index >= 15 is 0 Å². The van der Waals surface area contributed by atoms with E-state index in [0.29, 0.717) is 17.1 Å². The Kier molecular flexibility index (Phi) is 5.58. The molecule has 0 spiro atoms. The number of aliphatic hydroxyl groups excluding tert-OH is 1. The van der Waals surface area contributed by atoms with E-state index < -0.39 is 17.7 Å². The van der Waals surface area contributed by atoms with E-state index in [4.69, 9.17) is 9.15 Å². The smallest absolute Gasteiger partial charge is 0.296 e. The lowest BCUT2D eigenvalue weighted by Crippen LogP contribution is -2.29. The molecular formula is C24H22N2O5. The van der Waals surface area contributed by atoms with Crippen LogP contribution in [0.1, 0.15) is 36.8 Å². The topological polar surface area (TPSA) is 92.9 Å². The van der Waals surface area contributed by atoms with Crippen molar-refractivity contribution < 1.29 is 23.8 Å². The number of hydrogen-bond acceptors (Lipinski definition) is 6. The lowest BCUT2D eigenvalue weighted by Gasteiger charge is -2.23. The van der Waals surface area contributed by atoms with Crippen LogP contribution < -0.4 is 4.74 Å². The zero-order valence-electron chi connectivity index (χ0n) is 17.2. The number of aliphatic hydroxyl groups is 1. The van der Waals surface area contributed by atoms with Crippen molar-refractivity contribution >= 4 is 17.4 Å². The first-order valence-electron chi connectivity index (χ1n) is 9.93. The molecule has 4 rings (SSSR count). The van der Waals surface area contributed by atoms with Gasteiger partial charge < -0.3 is 19.2 Å². The highest BCUT2D eigenvalue weighted by molar-refractivity contribution is 6.46. The molecule has 0 radical (unpaired) electrons. The fourth-order valence-corrected chi connectivity index (χ4v) is 3.59. The van der Waals surface area contributed by atoms with Crippen LogP contribution in [0.2, 0.25) is 0 Å². The normalized spacial score (nSPS) is 18.0. The first kappa shape index (κ1) is 20.4. The van der Waals surface area contributed by atoms with Crippen LogP contribution in [0.3, 0.4) is 0 Å². The van der Waals surface area contributed by atoms with Gasteiger partial charge in [0.05, 0.1) is 17.9 Å². The standard InChI is InChI=1S/C24H22N2O5/c1-15(2)31-18-9-7-17(8-10-18)22(27)20-21(19-6-4-12-30-19)26(24(29)23(20)28)14-16-5-3-11-25-13-16/h3-13,15,21,27H,14H2,1-2H3/t21-/m1/s1. The van der Waals surface area contributed by atoms with Crippen LogP contribution in [0, 0.1) is 0 Å². The van der Waals surface area contributed by atoms with Gasteiger partial charge in [0.15, 0.2) is 0 Å². The molecule has 1 amide bonds. The highest BCUT2D eigenvalue weighted by Gasteiger charge is 2.47. The minimum atomic E-state index is -0.846. The van der Waals surface area contributed by atoms with Crippen LogP contribution in [0.25, 0.3) is 5.76 Å². The summed E-state index contributed by atoms with van der Waals surface area (Å²) in [5.41, 5.74) is 1.16. The van der Waals surface area contributed by atoms with Gasteiger partial charge in [-0.05, 0) is 61.9 Å². The molecule has 0 bridgehead atoms. The molecule has 3 heterocycles. The van der Waals surface area contributed by atoms with Crippen LogP contribution >= 0.6 is 0 Å². The van der Waals surface area contributed by atoms with Gasteiger partial charge in [-0.1, -0.05) is 6.07 Å². The maximum atomic E-state index is 12.9. The van der Waals surface area contributed by atoms with Crippen molar-refractivity contribution in [1.29, 1.82) is 0 Å². The molecule has 1 N–H and O–H groups in total. The number of hydrogen-bond donors (Lipinski definition) is 1. The number of pyridine rings is 1. The van der Waals surface area contributed by atoms with Gasteiger partial charge in [0.25, 0.3) is 11.7 Å². The maximum absolute atomic E-state index is 12.9. The highest BCUT2D eigenvalue weighted by Crippen LogP contribution is 2.40. The van der Waals surface area contributed by atoms with E-state index in [1.807, 2.05) is 19.9 Å². The molecule has 1 aliphatic heterocycles. The Labute approximate surface area is 179 Å². The Morgan fingerprint density at radius 3 is 2.55 bits per heavy atom. The van der Waals surface area contributed by atoms with Crippen molar-refractivity contribution in [3.63, 3.8) is 0 Å². The van der Waals surface area contributed by atoms with Crippen molar-refractivity contribution in [1.82, 2.24) is 9.88 Å². The monoisotopic (exact) mass is 418 g/mol. The minimum Gasteiger partial charge on any atom is -0.507 e. The molecule has 2 aromatic heterocycles. The number of ether oxygens (including phenoxy) is 1. The number of carbonyl (C=O) groups excluding carboxylic acids is 2. The molecule has 1 saturated heterocycles. The highest BCUT2D eigenvalue weighted by atomic mass is 16.5. The summed E-state index contributed by atoms with van der Waals surface area (Å²) in [5, 5.41) is 11.0. The number of likely N-dealkylation sites (tertiary alicyclic amines) is 1. The molecule has 158 valence electrons. The maximum Gasteiger partial charge on any atom is 0.296 e.